The van der Waals surface area contributed by atoms with E-state index >= 15 is 0 Å². The molecule has 2 fully saturated rings. The van der Waals surface area contributed by atoms with Crippen LogP contribution in [0.4, 0.5) is 13.6 Å². The Morgan fingerprint density at radius 3 is 2.74 bits per heavy atom. The number of imidazole rings is 1. The Morgan fingerprint density at radius 2 is 2.03 bits per heavy atom. The molecule has 4 aromatic rings. The summed E-state index contributed by atoms with van der Waals surface area (Å²) in [7, 11) is 0. The highest BCUT2D eigenvalue weighted by Crippen LogP contribution is 2.53. The molecule has 6 rings (SSSR count). The largest absolute Gasteiger partial charge is 0.444 e. The lowest BCUT2D eigenvalue weighted by atomic mass is 9.88. The average molecular weight is 542 g/mol. The third kappa shape index (κ3) is 4.68. The number of likely N-dealkylation sites (tertiary alicyclic amines) is 1. The fraction of sp³-hybridized carbons (Fsp3) is 0.481. The van der Waals surface area contributed by atoms with Gasteiger partial charge in [-0.25, -0.2) is 14.3 Å². The van der Waals surface area contributed by atoms with Gasteiger partial charge in [0.15, 0.2) is 11.4 Å². The van der Waals surface area contributed by atoms with Crippen molar-refractivity contribution in [1.29, 1.82) is 0 Å². The summed E-state index contributed by atoms with van der Waals surface area (Å²) < 4.78 is 39.0. The highest BCUT2D eigenvalue weighted by molar-refractivity contribution is 7.19. The van der Waals surface area contributed by atoms with E-state index in [9.17, 15) is 13.6 Å². The number of amides is 1. The van der Waals surface area contributed by atoms with Crippen LogP contribution in [0.1, 0.15) is 62.9 Å². The maximum absolute atomic E-state index is 13.1. The molecule has 4 aromatic heterocycles. The minimum absolute atomic E-state index is 0.0310. The van der Waals surface area contributed by atoms with Crippen molar-refractivity contribution in [1.82, 2.24) is 24.5 Å². The number of rotatable bonds is 4. The molecule has 1 aliphatic heterocycles. The molecule has 1 atom stereocenters. The topological polar surface area (TPSA) is 81.9 Å². The molecular weight excluding hydrogens is 512 g/mol. The molecule has 38 heavy (non-hydrogen) atoms. The summed E-state index contributed by atoms with van der Waals surface area (Å²) in [6.07, 6.45) is 6.94. The number of nitrogens with zero attached hydrogens (tertiary/aromatic N) is 5. The van der Waals surface area contributed by atoms with Crippen LogP contribution >= 0.6 is 11.3 Å². The zero-order valence-corrected chi connectivity index (χ0v) is 22.5. The molecular formula is C27H29F2N5O3S. The Kier molecular flexibility index (Phi) is 5.82. The van der Waals surface area contributed by atoms with Gasteiger partial charge < -0.3 is 14.4 Å². The lowest BCUT2D eigenvalue weighted by Crippen LogP contribution is -2.49. The number of hydrogen-bond donors (Lipinski definition) is 0. The zero-order valence-electron chi connectivity index (χ0n) is 21.7. The van der Waals surface area contributed by atoms with E-state index in [1.165, 1.54) is 15.5 Å². The number of pyridine rings is 1. The fourth-order valence-electron chi connectivity index (χ4n) is 5.32. The first-order valence-electron chi connectivity index (χ1n) is 12.7. The van der Waals surface area contributed by atoms with Crippen molar-refractivity contribution in [3.8, 4) is 17.0 Å². The standard InChI is InChI=1S/C27H29F2N5O3S/c1-15-14-34-23(31-15)20(36-24(28)29)10-18(32-34)17-9-22-19(30-13-17)11-21(38-22)16-5-8-33(27(12-16)6-7-27)25(35)37-26(2,3)4/h9-11,13-14,16,24H,5-8,12H2,1-4H3/t16-/m1/s1. The number of piperidine rings is 1. The Balaban J connectivity index is 1.27. The summed E-state index contributed by atoms with van der Waals surface area (Å²) in [6, 6.07) is 5.60. The number of hydrogen-bond acceptors (Lipinski definition) is 7. The number of aromatic nitrogens is 4. The monoisotopic (exact) mass is 541 g/mol. The summed E-state index contributed by atoms with van der Waals surface area (Å²) in [5, 5.41) is 4.56. The molecule has 1 amide bonds. The molecule has 0 aromatic carbocycles. The summed E-state index contributed by atoms with van der Waals surface area (Å²) >= 11 is 1.69. The van der Waals surface area contributed by atoms with E-state index in [2.05, 4.69) is 21.1 Å². The number of ether oxygens (including phenoxy) is 2. The van der Waals surface area contributed by atoms with Gasteiger partial charge in [0.05, 0.1) is 27.8 Å². The first-order chi connectivity index (χ1) is 18.0. The van der Waals surface area contributed by atoms with Gasteiger partial charge in [0, 0.05) is 34.8 Å². The first-order valence-corrected chi connectivity index (χ1v) is 13.5. The van der Waals surface area contributed by atoms with Crippen LogP contribution < -0.4 is 4.74 Å². The molecule has 8 nitrogen and oxygen atoms in total. The van der Waals surface area contributed by atoms with Crippen molar-refractivity contribution >= 4 is 33.3 Å². The quantitative estimate of drug-likeness (QED) is 0.291. The molecule has 11 heteroatoms. The number of aryl methyl sites for hydroxylation is 1. The predicted molar refractivity (Wildman–Crippen MR) is 140 cm³/mol. The van der Waals surface area contributed by atoms with E-state index < -0.39 is 12.2 Å². The van der Waals surface area contributed by atoms with Crippen molar-refractivity contribution in [3.05, 3.63) is 41.2 Å². The maximum atomic E-state index is 13.1. The van der Waals surface area contributed by atoms with Gasteiger partial charge >= 0.3 is 12.7 Å². The Hall–Kier alpha value is -3.34. The molecule has 0 unspecified atom stereocenters. The third-order valence-electron chi connectivity index (χ3n) is 7.16. The number of alkyl halides is 2. The second-order valence-corrected chi connectivity index (χ2v) is 12.3. The second kappa shape index (κ2) is 8.86. The van der Waals surface area contributed by atoms with Crippen molar-refractivity contribution in [2.75, 3.05) is 6.54 Å². The van der Waals surface area contributed by atoms with E-state index in [0.717, 1.165) is 35.9 Å². The summed E-state index contributed by atoms with van der Waals surface area (Å²) in [4.78, 5) is 24.9. The van der Waals surface area contributed by atoms with Crippen molar-refractivity contribution in [2.45, 2.75) is 77.0 Å². The molecule has 1 saturated carbocycles. The molecule has 1 spiro atoms. The Morgan fingerprint density at radius 1 is 1.24 bits per heavy atom. The zero-order chi connectivity index (χ0) is 26.8. The van der Waals surface area contributed by atoms with Crippen molar-refractivity contribution in [2.24, 2.45) is 0 Å². The van der Waals surface area contributed by atoms with Crippen LogP contribution in [0.15, 0.2) is 30.6 Å². The summed E-state index contributed by atoms with van der Waals surface area (Å²) in [5.74, 6) is 0.310. The van der Waals surface area contributed by atoms with Gasteiger partial charge in [-0.1, -0.05) is 0 Å². The van der Waals surface area contributed by atoms with Gasteiger partial charge in [0.1, 0.15) is 5.60 Å². The summed E-state index contributed by atoms with van der Waals surface area (Å²) in [6.45, 7) is 5.16. The van der Waals surface area contributed by atoms with Crippen molar-refractivity contribution in [3.63, 3.8) is 0 Å². The molecule has 0 bridgehead atoms. The molecule has 5 heterocycles. The first kappa shape index (κ1) is 25.0. The van der Waals surface area contributed by atoms with Crippen molar-refractivity contribution < 1.29 is 23.0 Å². The van der Waals surface area contributed by atoms with Crippen LogP contribution in [0, 0.1) is 6.92 Å². The molecule has 0 radical (unpaired) electrons. The van der Waals surface area contributed by atoms with E-state index in [1.807, 2.05) is 31.7 Å². The molecule has 1 aliphatic carbocycles. The number of carbonyl (C=O) groups excluding carboxylic acids is 1. The minimum atomic E-state index is -2.97. The molecule has 2 aliphatic rings. The molecule has 200 valence electrons. The normalized spacial score (nSPS) is 19.0. The number of halogens is 2. The summed E-state index contributed by atoms with van der Waals surface area (Å²) in [5.41, 5.74) is 2.33. The SMILES string of the molecule is Cc1cn2nc(-c3cnc4cc([C@@H]5CCN(C(=O)OC(C)(C)C)C6(CC6)C5)sc4c3)cc(OC(F)F)c2n1. The second-order valence-electron chi connectivity index (χ2n) is 11.2. The smallest absolute Gasteiger partial charge is 0.410 e. The van der Waals surface area contributed by atoms with Gasteiger partial charge in [-0.2, -0.15) is 13.9 Å². The van der Waals surface area contributed by atoms with Crippen LogP contribution in [0.5, 0.6) is 5.75 Å². The van der Waals surface area contributed by atoms with E-state index in [1.54, 1.807) is 30.7 Å². The van der Waals surface area contributed by atoms with Gasteiger partial charge in [-0.15, -0.1) is 11.3 Å². The van der Waals surface area contributed by atoms with Gasteiger partial charge in [0.2, 0.25) is 0 Å². The Labute approximate surface area is 222 Å². The van der Waals surface area contributed by atoms with Gasteiger partial charge in [0.25, 0.3) is 0 Å². The van der Waals surface area contributed by atoms with Crippen LogP contribution in [0.25, 0.3) is 27.1 Å². The minimum Gasteiger partial charge on any atom is -0.444 e. The lowest BCUT2D eigenvalue weighted by Gasteiger charge is -2.40. The van der Waals surface area contributed by atoms with Crippen LogP contribution in [-0.2, 0) is 4.74 Å². The highest BCUT2D eigenvalue weighted by Gasteiger charge is 2.54. The lowest BCUT2D eigenvalue weighted by molar-refractivity contribution is -0.0492. The highest BCUT2D eigenvalue weighted by atomic mass is 32.1. The Bertz CT molecular complexity index is 1540. The van der Waals surface area contributed by atoms with Gasteiger partial charge in [-0.05, 0) is 71.4 Å². The van der Waals surface area contributed by atoms with Crippen LogP contribution in [-0.4, -0.2) is 54.9 Å². The average Bonchev–Trinajstić information content (AvgIpc) is 3.27. The number of fused-ring (bicyclic) bond motifs is 2. The third-order valence-corrected chi connectivity index (χ3v) is 8.39. The number of thiophene rings is 1. The molecule has 0 N–H and O–H groups in total. The maximum Gasteiger partial charge on any atom is 0.410 e. The van der Waals surface area contributed by atoms with Crippen LogP contribution in [0.2, 0.25) is 0 Å². The number of carbonyl (C=O) groups is 1. The van der Waals surface area contributed by atoms with Gasteiger partial charge in [-0.3, -0.25) is 4.98 Å². The van der Waals surface area contributed by atoms with E-state index in [0.29, 0.717) is 29.4 Å². The predicted octanol–water partition coefficient (Wildman–Crippen LogP) is 6.56. The van der Waals surface area contributed by atoms with E-state index in [4.69, 9.17) is 9.47 Å². The fourth-order valence-corrected chi connectivity index (χ4v) is 6.52. The van der Waals surface area contributed by atoms with E-state index in [-0.39, 0.29) is 23.0 Å². The molecule has 1 saturated heterocycles. The van der Waals surface area contributed by atoms with Crippen LogP contribution in [0.3, 0.4) is 0 Å².